The van der Waals surface area contributed by atoms with Crippen LogP contribution in [0.25, 0.3) is 0 Å². The fourth-order valence-electron chi connectivity index (χ4n) is 2.26. The number of hydrogen-bond donors (Lipinski definition) is 0. The number of likely N-dealkylation sites (tertiary alicyclic amines) is 1. The first-order valence-corrected chi connectivity index (χ1v) is 6.17. The third-order valence-electron chi connectivity index (χ3n) is 3.32. The van der Waals surface area contributed by atoms with Gasteiger partial charge in [-0.1, -0.05) is 6.92 Å². The van der Waals surface area contributed by atoms with Gasteiger partial charge in [-0.15, -0.1) is 0 Å². The van der Waals surface area contributed by atoms with E-state index in [9.17, 15) is 0 Å². The Hall–Kier alpha value is -0.120. The van der Waals surface area contributed by atoms with Crippen LogP contribution in [-0.2, 0) is 0 Å². The first kappa shape index (κ1) is 12.9. The Bertz CT molecular complexity index is 170. The predicted molar refractivity (Wildman–Crippen MR) is 66.3 cm³/mol. The minimum Gasteiger partial charge on any atom is -0.308 e. The van der Waals surface area contributed by atoms with E-state index < -0.39 is 0 Å². The van der Waals surface area contributed by atoms with E-state index in [-0.39, 0.29) is 0 Å². The molecule has 0 saturated carbocycles. The molecule has 0 N–H and O–H groups in total. The average molecular weight is 213 g/mol. The van der Waals surface area contributed by atoms with Crippen molar-refractivity contribution in [2.75, 3.05) is 60.4 Å². The molecule has 0 aromatic carbocycles. The lowest BCUT2D eigenvalue weighted by Crippen LogP contribution is -2.35. The van der Waals surface area contributed by atoms with Gasteiger partial charge in [-0.25, -0.2) is 0 Å². The molecule has 0 radical (unpaired) electrons. The number of likely N-dealkylation sites (N-methyl/N-ethyl adjacent to an activating group) is 2. The van der Waals surface area contributed by atoms with Crippen LogP contribution in [0, 0.1) is 5.92 Å². The summed E-state index contributed by atoms with van der Waals surface area (Å²) in [6.45, 7) is 9.71. The van der Waals surface area contributed by atoms with Gasteiger partial charge in [0.25, 0.3) is 0 Å². The number of nitrogens with zero attached hydrogens (tertiary/aromatic N) is 3. The summed E-state index contributed by atoms with van der Waals surface area (Å²) in [4.78, 5) is 7.30. The van der Waals surface area contributed by atoms with Crippen molar-refractivity contribution in [3.05, 3.63) is 0 Å². The van der Waals surface area contributed by atoms with Crippen molar-refractivity contribution in [3.63, 3.8) is 0 Å². The van der Waals surface area contributed by atoms with E-state index in [0.29, 0.717) is 0 Å². The zero-order valence-electron chi connectivity index (χ0n) is 10.9. The molecule has 0 bridgehead atoms. The highest BCUT2D eigenvalue weighted by Gasteiger charge is 2.21. The van der Waals surface area contributed by atoms with Crippen LogP contribution in [0.4, 0.5) is 0 Å². The van der Waals surface area contributed by atoms with Crippen molar-refractivity contribution in [1.29, 1.82) is 0 Å². The highest BCUT2D eigenvalue weighted by molar-refractivity contribution is 4.76. The van der Waals surface area contributed by atoms with Gasteiger partial charge >= 0.3 is 0 Å². The zero-order valence-corrected chi connectivity index (χ0v) is 10.9. The molecule has 1 aliphatic heterocycles. The van der Waals surface area contributed by atoms with Crippen LogP contribution in [-0.4, -0.2) is 75.1 Å². The molecule has 0 aromatic rings. The predicted octanol–water partition coefficient (Wildman–Crippen LogP) is 0.822. The fraction of sp³-hybridized carbons (Fsp3) is 1.00. The van der Waals surface area contributed by atoms with Gasteiger partial charge in [0.1, 0.15) is 0 Å². The molecule has 1 unspecified atom stereocenters. The van der Waals surface area contributed by atoms with E-state index in [1.165, 1.54) is 45.7 Å². The largest absolute Gasteiger partial charge is 0.308 e. The first-order chi connectivity index (χ1) is 7.11. The lowest BCUT2D eigenvalue weighted by Gasteiger charge is -2.25. The summed E-state index contributed by atoms with van der Waals surface area (Å²) in [7, 11) is 6.53. The van der Waals surface area contributed by atoms with Crippen LogP contribution in [0.5, 0.6) is 0 Å². The zero-order chi connectivity index (χ0) is 11.3. The molecule has 3 heteroatoms. The summed E-state index contributed by atoms with van der Waals surface area (Å²) in [5.74, 6) is 0.900. The molecule has 15 heavy (non-hydrogen) atoms. The summed E-state index contributed by atoms with van der Waals surface area (Å²) in [6.07, 6.45) is 1.38. The second-order valence-electron chi connectivity index (χ2n) is 5.11. The molecule has 1 saturated heterocycles. The minimum absolute atomic E-state index is 0.900. The molecule has 0 aliphatic carbocycles. The Morgan fingerprint density at radius 1 is 1.27 bits per heavy atom. The van der Waals surface area contributed by atoms with Crippen molar-refractivity contribution < 1.29 is 0 Å². The topological polar surface area (TPSA) is 9.72 Å². The summed E-state index contributed by atoms with van der Waals surface area (Å²) in [6, 6.07) is 0. The third-order valence-corrected chi connectivity index (χ3v) is 3.32. The van der Waals surface area contributed by atoms with Gasteiger partial charge in [0, 0.05) is 26.2 Å². The van der Waals surface area contributed by atoms with Gasteiger partial charge < -0.3 is 14.7 Å². The van der Waals surface area contributed by atoms with Crippen LogP contribution in [0.15, 0.2) is 0 Å². The monoisotopic (exact) mass is 213 g/mol. The van der Waals surface area contributed by atoms with Crippen LogP contribution >= 0.6 is 0 Å². The molecular weight excluding hydrogens is 186 g/mol. The Labute approximate surface area is 95.0 Å². The smallest absolute Gasteiger partial charge is 0.0109 e. The summed E-state index contributed by atoms with van der Waals surface area (Å²) in [5.41, 5.74) is 0. The molecule has 1 rings (SSSR count). The Balaban J connectivity index is 2.21. The lowest BCUT2D eigenvalue weighted by atomic mass is 10.1. The number of rotatable bonds is 6. The summed E-state index contributed by atoms with van der Waals surface area (Å²) >= 11 is 0. The van der Waals surface area contributed by atoms with Gasteiger partial charge in [-0.3, -0.25) is 0 Å². The highest BCUT2D eigenvalue weighted by Crippen LogP contribution is 2.15. The molecule has 3 nitrogen and oxygen atoms in total. The molecule has 1 aliphatic rings. The van der Waals surface area contributed by atoms with Crippen molar-refractivity contribution in [2.24, 2.45) is 5.92 Å². The van der Waals surface area contributed by atoms with Crippen molar-refractivity contribution in [3.8, 4) is 0 Å². The van der Waals surface area contributed by atoms with Crippen LogP contribution in [0.2, 0.25) is 0 Å². The number of hydrogen-bond acceptors (Lipinski definition) is 3. The molecule has 1 atom stereocenters. The maximum Gasteiger partial charge on any atom is 0.0109 e. The molecule has 1 fully saturated rings. The Morgan fingerprint density at radius 3 is 2.47 bits per heavy atom. The third kappa shape index (κ3) is 4.96. The normalized spacial score (nSPS) is 23.2. The van der Waals surface area contributed by atoms with Crippen LogP contribution in [0.1, 0.15) is 13.3 Å². The van der Waals surface area contributed by atoms with Crippen molar-refractivity contribution >= 4 is 0 Å². The van der Waals surface area contributed by atoms with E-state index in [4.69, 9.17) is 0 Å². The minimum atomic E-state index is 0.900. The molecule has 0 spiro atoms. The fourth-order valence-corrected chi connectivity index (χ4v) is 2.26. The molecular formula is C12H27N3. The van der Waals surface area contributed by atoms with E-state index in [0.717, 1.165) is 5.92 Å². The second-order valence-corrected chi connectivity index (χ2v) is 5.11. The van der Waals surface area contributed by atoms with E-state index >= 15 is 0 Å². The molecule has 90 valence electrons. The summed E-state index contributed by atoms with van der Waals surface area (Å²) in [5, 5.41) is 0. The van der Waals surface area contributed by atoms with Crippen LogP contribution in [0.3, 0.4) is 0 Å². The van der Waals surface area contributed by atoms with E-state index in [1.807, 2.05) is 0 Å². The van der Waals surface area contributed by atoms with Crippen molar-refractivity contribution in [2.45, 2.75) is 13.3 Å². The Morgan fingerprint density at radius 2 is 2.00 bits per heavy atom. The SMILES string of the molecule is CCN(CCN(C)C)CC1CCN(C)C1. The molecule has 0 aromatic heterocycles. The van der Waals surface area contributed by atoms with Gasteiger partial charge in [0.15, 0.2) is 0 Å². The van der Waals surface area contributed by atoms with E-state index in [1.54, 1.807) is 0 Å². The van der Waals surface area contributed by atoms with Gasteiger partial charge in [-0.05, 0) is 46.6 Å². The molecule has 0 amide bonds. The Kier molecular flexibility index (Phi) is 5.58. The van der Waals surface area contributed by atoms with Crippen LogP contribution < -0.4 is 0 Å². The highest BCUT2D eigenvalue weighted by atomic mass is 15.2. The van der Waals surface area contributed by atoms with Gasteiger partial charge in [0.2, 0.25) is 0 Å². The lowest BCUT2D eigenvalue weighted by molar-refractivity contribution is 0.217. The maximum absolute atomic E-state index is 2.59. The molecule has 1 heterocycles. The quantitative estimate of drug-likeness (QED) is 0.647. The average Bonchev–Trinajstić information content (AvgIpc) is 2.58. The first-order valence-electron chi connectivity index (χ1n) is 6.17. The van der Waals surface area contributed by atoms with Gasteiger partial charge in [0.05, 0.1) is 0 Å². The summed E-state index contributed by atoms with van der Waals surface area (Å²) < 4.78 is 0. The van der Waals surface area contributed by atoms with Gasteiger partial charge in [-0.2, -0.15) is 0 Å². The second kappa shape index (κ2) is 6.46. The van der Waals surface area contributed by atoms with Crippen molar-refractivity contribution in [1.82, 2.24) is 14.7 Å². The maximum atomic E-state index is 2.59. The standard InChI is InChI=1S/C12H27N3/c1-5-15(9-8-13(2)3)11-12-6-7-14(4)10-12/h12H,5-11H2,1-4H3. The van der Waals surface area contributed by atoms with E-state index in [2.05, 4.69) is 42.8 Å².